The number of nitrogens with one attached hydrogen (secondary N) is 2. The van der Waals surface area contributed by atoms with Gasteiger partial charge < -0.3 is 5.32 Å². The lowest BCUT2D eigenvalue weighted by molar-refractivity contribution is 0.401. The number of hydrogen-bond acceptors (Lipinski definition) is 3. The molecule has 0 saturated heterocycles. The zero-order valence-electron chi connectivity index (χ0n) is 12.3. The van der Waals surface area contributed by atoms with Crippen LogP contribution in [0, 0.1) is 0 Å². The summed E-state index contributed by atoms with van der Waals surface area (Å²) in [6.07, 6.45) is 0.801. The Hall–Kier alpha value is -1.11. The molecule has 6 heteroatoms. The Kier molecular flexibility index (Phi) is 4.67. The summed E-state index contributed by atoms with van der Waals surface area (Å²) in [6, 6.07) is 8.16. The molecule has 1 aromatic rings. The van der Waals surface area contributed by atoms with Crippen molar-refractivity contribution in [2.45, 2.75) is 32.2 Å². The number of fused-ring (bicyclic) bond motifs is 1. The summed E-state index contributed by atoms with van der Waals surface area (Å²) >= 11 is 0. The average Bonchev–Trinajstić information content (AvgIpc) is 2.81. The summed E-state index contributed by atoms with van der Waals surface area (Å²) in [6.45, 7) is 5.05. The van der Waals surface area contributed by atoms with Gasteiger partial charge in [0, 0.05) is 37.8 Å². The van der Waals surface area contributed by atoms with E-state index in [2.05, 4.69) is 22.2 Å². The Morgan fingerprint density at radius 3 is 2.80 bits per heavy atom. The fraction of sp³-hybridized carbons (Fsp3) is 0.571. The largest absolute Gasteiger partial charge is 0.384 e. The fourth-order valence-corrected chi connectivity index (χ4v) is 3.49. The first-order valence-corrected chi connectivity index (χ1v) is 8.41. The molecule has 0 radical (unpaired) electrons. The zero-order valence-corrected chi connectivity index (χ0v) is 13.1. The fourth-order valence-electron chi connectivity index (χ4n) is 2.36. The maximum atomic E-state index is 12.0. The van der Waals surface area contributed by atoms with Crippen molar-refractivity contribution in [3.8, 4) is 0 Å². The molecular weight excluding hydrogens is 274 g/mol. The van der Waals surface area contributed by atoms with E-state index in [9.17, 15) is 8.42 Å². The number of anilines is 1. The monoisotopic (exact) mass is 297 g/mol. The van der Waals surface area contributed by atoms with Crippen LogP contribution in [0.5, 0.6) is 0 Å². The van der Waals surface area contributed by atoms with Gasteiger partial charge in [0.2, 0.25) is 0 Å². The predicted octanol–water partition coefficient (Wildman–Crippen LogP) is 1.76. The van der Waals surface area contributed by atoms with Gasteiger partial charge in [-0.2, -0.15) is 12.7 Å². The third kappa shape index (κ3) is 3.31. The van der Waals surface area contributed by atoms with Crippen LogP contribution >= 0.6 is 0 Å². The molecule has 1 aliphatic rings. The molecule has 0 fully saturated rings. The van der Waals surface area contributed by atoms with E-state index in [-0.39, 0.29) is 6.04 Å². The first kappa shape index (κ1) is 15.3. The summed E-state index contributed by atoms with van der Waals surface area (Å²) in [4.78, 5) is 0. The number of rotatable bonds is 6. The van der Waals surface area contributed by atoms with Gasteiger partial charge >= 0.3 is 0 Å². The number of benzene rings is 1. The quantitative estimate of drug-likeness (QED) is 0.841. The molecule has 0 saturated carbocycles. The van der Waals surface area contributed by atoms with Gasteiger partial charge in [-0.05, 0) is 31.9 Å². The molecule has 1 aliphatic heterocycles. The van der Waals surface area contributed by atoms with Crippen molar-refractivity contribution < 1.29 is 8.42 Å². The highest BCUT2D eigenvalue weighted by Gasteiger charge is 2.23. The minimum Gasteiger partial charge on any atom is -0.384 e. The highest BCUT2D eigenvalue weighted by Crippen LogP contribution is 2.32. The van der Waals surface area contributed by atoms with Crippen LogP contribution in [0.2, 0.25) is 0 Å². The Balaban J connectivity index is 1.89. The van der Waals surface area contributed by atoms with Gasteiger partial charge in [-0.25, -0.2) is 4.72 Å². The molecule has 0 aromatic heterocycles. The van der Waals surface area contributed by atoms with Crippen LogP contribution in [0.4, 0.5) is 5.69 Å². The van der Waals surface area contributed by atoms with Crippen LogP contribution in [0.25, 0.3) is 0 Å². The molecule has 0 spiro atoms. The predicted molar refractivity (Wildman–Crippen MR) is 82.1 cm³/mol. The number of para-hydroxylation sites is 1. The molecular formula is C14H23N3O2S. The summed E-state index contributed by atoms with van der Waals surface area (Å²) in [5.74, 6) is 0.373. The second kappa shape index (κ2) is 6.11. The van der Waals surface area contributed by atoms with Crippen LogP contribution in [-0.2, 0) is 10.2 Å². The molecule has 2 N–H and O–H groups in total. The molecule has 0 bridgehead atoms. The van der Waals surface area contributed by atoms with E-state index >= 15 is 0 Å². The second-order valence-electron chi connectivity index (χ2n) is 5.46. The first-order valence-electron chi connectivity index (χ1n) is 6.97. The van der Waals surface area contributed by atoms with Gasteiger partial charge in [-0.15, -0.1) is 0 Å². The highest BCUT2D eigenvalue weighted by molar-refractivity contribution is 7.87. The zero-order chi connectivity index (χ0) is 14.8. The first-order chi connectivity index (χ1) is 9.42. The van der Waals surface area contributed by atoms with Gasteiger partial charge in [-0.3, -0.25) is 0 Å². The van der Waals surface area contributed by atoms with Crippen molar-refractivity contribution in [2.75, 3.05) is 25.5 Å². The molecule has 20 heavy (non-hydrogen) atoms. The van der Waals surface area contributed by atoms with Gasteiger partial charge in [0.05, 0.1) is 0 Å². The summed E-state index contributed by atoms with van der Waals surface area (Å²) in [5, 5.41) is 3.35. The standard InChI is InChI=1S/C14H23N3O2S/c1-11(2)17(3)20(18,19)16-9-8-12-10-15-14-7-5-4-6-13(12)14/h4-7,11-12,15-16H,8-10H2,1-3H3. The van der Waals surface area contributed by atoms with Crippen molar-refractivity contribution in [3.05, 3.63) is 29.8 Å². The Bertz CT molecular complexity index is 557. The summed E-state index contributed by atoms with van der Waals surface area (Å²) in [5.41, 5.74) is 2.45. The molecule has 0 aliphatic carbocycles. The van der Waals surface area contributed by atoms with Gasteiger partial charge in [0.15, 0.2) is 0 Å². The molecule has 1 atom stereocenters. The lowest BCUT2D eigenvalue weighted by Crippen LogP contribution is -2.42. The molecule has 2 rings (SSSR count). The van der Waals surface area contributed by atoms with Crippen molar-refractivity contribution in [1.29, 1.82) is 0 Å². The third-order valence-electron chi connectivity index (χ3n) is 3.82. The topological polar surface area (TPSA) is 61.4 Å². The van der Waals surface area contributed by atoms with Crippen LogP contribution in [0.15, 0.2) is 24.3 Å². The van der Waals surface area contributed by atoms with E-state index in [1.54, 1.807) is 7.05 Å². The number of hydrogen-bond donors (Lipinski definition) is 2. The molecule has 1 unspecified atom stereocenters. The lowest BCUT2D eigenvalue weighted by atomic mass is 9.98. The Labute approximate surface area is 121 Å². The smallest absolute Gasteiger partial charge is 0.279 e. The Morgan fingerprint density at radius 1 is 1.40 bits per heavy atom. The van der Waals surface area contributed by atoms with Crippen LogP contribution in [0.3, 0.4) is 0 Å². The van der Waals surface area contributed by atoms with E-state index in [1.165, 1.54) is 15.6 Å². The third-order valence-corrected chi connectivity index (χ3v) is 5.57. The minimum absolute atomic E-state index is 0.0404. The van der Waals surface area contributed by atoms with Crippen molar-refractivity contribution in [3.63, 3.8) is 0 Å². The van der Waals surface area contributed by atoms with Crippen molar-refractivity contribution in [2.24, 2.45) is 0 Å². The summed E-state index contributed by atoms with van der Waals surface area (Å²) < 4.78 is 28.0. The average molecular weight is 297 g/mol. The summed E-state index contributed by atoms with van der Waals surface area (Å²) in [7, 11) is -1.77. The maximum Gasteiger partial charge on any atom is 0.279 e. The van der Waals surface area contributed by atoms with E-state index in [0.29, 0.717) is 12.5 Å². The van der Waals surface area contributed by atoms with E-state index in [1.807, 2.05) is 26.0 Å². The molecule has 1 aromatic carbocycles. The van der Waals surface area contributed by atoms with Gasteiger partial charge in [-0.1, -0.05) is 18.2 Å². The highest BCUT2D eigenvalue weighted by atomic mass is 32.2. The molecule has 112 valence electrons. The van der Waals surface area contributed by atoms with Gasteiger partial charge in [0.1, 0.15) is 0 Å². The van der Waals surface area contributed by atoms with Crippen LogP contribution in [0.1, 0.15) is 31.7 Å². The van der Waals surface area contributed by atoms with E-state index in [0.717, 1.165) is 13.0 Å². The molecule has 5 nitrogen and oxygen atoms in total. The van der Waals surface area contributed by atoms with Crippen molar-refractivity contribution in [1.82, 2.24) is 9.03 Å². The maximum absolute atomic E-state index is 12.0. The Morgan fingerprint density at radius 2 is 2.10 bits per heavy atom. The van der Waals surface area contributed by atoms with Gasteiger partial charge in [0.25, 0.3) is 10.2 Å². The van der Waals surface area contributed by atoms with Crippen molar-refractivity contribution >= 4 is 15.9 Å². The number of nitrogens with zero attached hydrogens (tertiary/aromatic N) is 1. The lowest BCUT2D eigenvalue weighted by Gasteiger charge is -2.21. The van der Waals surface area contributed by atoms with E-state index in [4.69, 9.17) is 0 Å². The van der Waals surface area contributed by atoms with E-state index < -0.39 is 10.2 Å². The second-order valence-corrected chi connectivity index (χ2v) is 7.28. The normalized spacial score (nSPS) is 18.4. The SMILES string of the molecule is CC(C)N(C)S(=O)(=O)NCCC1CNc2ccccc21. The van der Waals surface area contributed by atoms with Crippen LogP contribution in [-0.4, -0.2) is 38.9 Å². The molecule has 1 heterocycles. The molecule has 0 amide bonds. The van der Waals surface area contributed by atoms with Crippen LogP contribution < -0.4 is 10.0 Å². The minimum atomic E-state index is -3.37.